The van der Waals surface area contributed by atoms with Crippen molar-refractivity contribution in [3.63, 3.8) is 0 Å². The zero-order valence-electron chi connectivity index (χ0n) is 9.25. The van der Waals surface area contributed by atoms with E-state index >= 15 is 0 Å². The van der Waals surface area contributed by atoms with Crippen LogP contribution in [0.25, 0.3) is 0 Å². The summed E-state index contributed by atoms with van der Waals surface area (Å²) in [7, 11) is 0. The van der Waals surface area contributed by atoms with Crippen LogP contribution in [0.5, 0.6) is 0 Å². The van der Waals surface area contributed by atoms with Gasteiger partial charge >= 0.3 is 0 Å². The number of carbonyl (C=O) groups excluding carboxylic acids is 1. The van der Waals surface area contributed by atoms with Crippen molar-refractivity contribution in [1.82, 2.24) is 5.32 Å². The van der Waals surface area contributed by atoms with Crippen LogP contribution in [0.2, 0.25) is 0 Å². The Hall–Kier alpha value is -0.610. The summed E-state index contributed by atoms with van der Waals surface area (Å²) < 4.78 is 0. The highest BCUT2D eigenvalue weighted by Gasteiger charge is 2.15. The predicted octanol–water partition coefficient (Wildman–Crippen LogP) is 0.357. The zero-order valence-corrected chi connectivity index (χ0v) is 9.25. The summed E-state index contributed by atoms with van der Waals surface area (Å²) in [5.41, 5.74) is 11.0. The maximum atomic E-state index is 11.5. The number of rotatable bonds is 7. The third-order valence-corrected chi connectivity index (χ3v) is 2.39. The Labute approximate surface area is 86.4 Å². The van der Waals surface area contributed by atoms with E-state index in [1.54, 1.807) is 0 Å². The molecule has 0 aromatic carbocycles. The van der Waals surface area contributed by atoms with Crippen molar-refractivity contribution in [2.24, 2.45) is 11.5 Å². The molecule has 0 aliphatic carbocycles. The summed E-state index contributed by atoms with van der Waals surface area (Å²) in [5.74, 6) is -0.0489. The molecule has 5 N–H and O–H groups in total. The van der Waals surface area contributed by atoms with Gasteiger partial charge in [-0.3, -0.25) is 4.79 Å². The topological polar surface area (TPSA) is 81.1 Å². The average molecular weight is 201 g/mol. The van der Waals surface area contributed by atoms with Gasteiger partial charge in [0.25, 0.3) is 0 Å². The second kappa shape index (κ2) is 7.76. The second-order valence-corrected chi connectivity index (χ2v) is 3.56. The van der Waals surface area contributed by atoms with Gasteiger partial charge in [-0.15, -0.1) is 0 Å². The van der Waals surface area contributed by atoms with Crippen molar-refractivity contribution in [3.8, 4) is 0 Å². The fourth-order valence-corrected chi connectivity index (χ4v) is 1.27. The van der Waals surface area contributed by atoms with E-state index in [2.05, 4.69) is 19.2 Å². The smallest absolute Gasteiger partial charge is 0.237 e. The molecule has 4 nitrogen and oxygen atoms in total. The van der Waals surface area contributed by atoms with E-state index in [0.29, 0.717) is 13.0 Å². The van der Waals surface area contributed by atoms with E-state index in [0.717, 1.165) is 19.3 Å². The number of amides is 1. The Bertz CT molecular complexity index is 157. The van der Waals surface area contributed by atoms with Crippen molar-refractivity contribution < 1.29 is 4.79 Å². The zero-order chi connectivity index (χ0) is 11.0. The number of nitrogens with two attached hydrogens (primary N) is 2. The quantitative estimate of drug-likeness (QED) is 0.556. The van der Waals surface area contributed by atoms with Gasteiger partial charge in [-0.1, -0.05) is 13.8 Å². The van der Waals surface area contributed by atoms with E-state index in [1.807, 2.05) is 0 Å². The highest BCUT2D eigenvalue weighted by atomic mass is 16.2. The normalized spacial score (nSPS) is 12.9. The minimum atomic E-state index is -0.404. The molecule has 0 aliphatic heterocycles. The Balaban J connectivity index is 3.81. The van der Waals surface area contributed by atoms with Gasteiger partial charge in [0, 0.05) is 6.04 Å². The second-order valence-electron chi connectivity index (χ2n) is 3.56. The van der Waals surface area contributed by atoms with Crippen LogP contribution in [0.1, 0.15) is 39.5 Å². The lowest BCUT2D eigenvalue weighted by Gasteiger charge is -2.18. The van der Waals surface area contributed by atoms with Gasteiger partial charge in [0.05, 0.1) is 6.04 Å². The first kappa shape index (κ1) is 13.4. The van der Waals surface area contributed by atoms with Gasteiger partial charge in [-0.25, -0.2) is 0 Å². The molecule has 4 heteroatoms. The standard InChI is InChI=1S/C10H23N3O/c1-3-8(4-2)13-10(14)9(12)6-5-7-11/h8-9H,3-7,11-12H2,1-2H3,(H,13,14)/t9-/m0/s1. The van der Waals surface area contributed by atoms with Crippen LogP contribution in [0.15, 0.2) is 0 Å². The highest BCUT2D eigenvalue weighted by molar-refractivity contribution is 5.81. The van der Waals surface area contributed by atoms with Crippen LogP contribution in [0.4, 0.5) is 0 Å². The minimum Gasteiger partial charge on any atom is -0.352 e. The molecule has 1 amide bonds. The molecular formula is C10H23N3O. The molecule has 0 heterocycles. The molecule has 0 saturated carbocycles. The molecule has 0 aliphatic rings. The Morgan fingerprint density at radius 3 is 2.36 bits per heavy atom. The van der Waals surface area contributed by atoms with Gasteiger partial charge in [0.2, 0.25) is 5.91 Å². The largest absolute Gasteiger partial charge is 0.352 e. The van der Waals surface area contributed by atoms with Crippen molar-refractivity contribution in [2.45, 2.75) is 51.6 Å². The molecule has 0 unspecified atom stereocenters. The first-order valence-corrected chi connectivity index (χ1v) is 5.41. The SMILES string of the molecule is CCC(CC)NC(=O)[C@@H](N)CCCN. The number of hydrogen-bond acceptors (Lipinski definition) is 3. The van der Waals surface area contributed by atoms with Crippen molar-refractivity contribution in [1.29, 1.82) is 0 Å². The molecule has 0 radical (unpaired) electrons. The number of nitrogens with one attached hydrogen (secondary N) is 1. The lowest BCUT2D eigenvalue weighted by Crippen LogP contribution is -2.45. The van der Waals surface area contributed by atoms with Crippen molar-refractivity contribution in [2.75, 3.05) is 6.54 Å². The molecule has 0 aromatic rings. The first-order valence-electron chi connectivity index (χ1n) is 5.41. The van der Waals surface area contributed by atoms with E-state index < -0.39 is 6.04 Å². The minimum absolute atomic E-state index is 0.0489. The van der Waals surface area contributed by atoms with Gasteiger partial charge < -0.3 is 16.8 Å². The molecule has 84 valence electrons. The van der Waals surface area contributed by atoms with E-state index in [4.69, 9.17) is 11.5 Å². The molecular weight excluding hydrogens is 178 g/mol. The van der Waals surface area contributed by atoms with Gasteiger partial charge in [0.15, 0.2) is 0 Å². The lowest BCUT2D eigenvalue weighted by atomic mass is 10.1. The van der Waals surface area contributed by atoms with Crippen molar-refractivity contribution >= 4 is 5.91 Å². The van der Waals surface area contributed by atoms with E-state index in [9.17, 15) is 4.79 Å². The number of carbonyl (C=O) groups is 1. The molecule has 0 bridgehead atoms. The lowest BCUT2D eigenvalue weighted by molar-refractivity contribution is -0.123. The van der Waals surface area contributed by atoms with Crippen molar-refractivity contribution in [3.05, 3.63) is 0 Å². The van der Waals surface area contributed by atoms with Crippen LogP contribution < -0.4 is 16.8 Å². The Morgan fingerprint density at radius 2 is 1.93 bits per heavy atom. The van der Waals surface area contributed by atoms with E-state index in [-0.39, 0.29) is 11.9 Å². The fourth-order valence-electron chi connectivity index (χ4n) is 1.27. The maximum absolute atomic E-state index is 11.5. The molecule has 0 aromatic heterocycles. The van der Waals surface area contributed by atoms with Crippen LogP contribution in [-0.4, -0.2) is 24.5 Å². The summed E-state index contributed by atoms with van der Waals surface area (Å²) in [6.45, 7) is 4.70. The molecule has 0 saturated heterocycles. The molecule has 0 rings (SSSR count). The molecule has 1 atom stereocenters. The Morgan fingerprint density at radius 1 is 1.36 bits per heavy atom. The summed E-state index contributed by atoms with van der Waals surface area (Å²) >= 11 is 0. The third-order valence-electron chi connectivity index (χ3n) is 2.39. The molecule has 0 spiro atoms. The van der Waals surface area contributed by atoms with Crippen LogP contribution in [-0.2, 0) is 4.79 Å². The highest BCUT2D eigenvalue weighted by Crippen LogP contribution is 1.99. The summed E-state index contributed by atoms with van der Waals surface area (Å²) in [6.07, 6.45) is 3.37. The summed E-state index contributed by atoms with van der Waals surface area (Å²) in [5, 5.41) is 2.92. The van der Waals surface area contributed by atoms with Gasteiger partial charge in [-0.2, -0.15) is 0 Å². The summed E-state index contributed by atoms with van der Waals surface area (Å²) in [4.78, 5) is 11.5. The Kier molecular flexibility index (Phi) is 7.42. The fraction of sp³-hybridized carbons (Fsp3) is 0.900. The summed E-state index contributed by atoms with van der Waals surface area (Å²) in [6, 6.07) is -0.148. The van der Waals surface area contributed by atoms with Gasteiger partial charge in [-0.05, 0) is 32.2 Å². The van der Waals surface area contributed by atoms with E-state index in [1.165, 1.54) is 0 Å². The molecule has 14 heavy (non-hydrogen) atoms. The average Bonchev–Trinajstić information content (AvgIpc) is 2.21. The van der Waals surface area contributed by atoms with Crippen LogP contribution in [0, 0.1) is 0 Å². The van der Waals surface area contributed by atoms with Gasteiger partial charge in [0.1, 0.15) is 0 Å². The van der Waals surface area contributed by atoms with Crippen LogP contribution in [0.3, 0.4) is 0 Å². The first-order chi connectivity index (χ1) is 6.65. The maximum Gasteiger partial charge on any atom is 0.237 e. The predicted molar refractivity (Wildman–Crippen MR) is 58.8 cm³/mol. The number of hydrogen-bond donors (Lipinski definition) is 3. The van der Waals surface area contributed by atoms with Crippen LogP contribution >= 0.6 is 0 Å². The third kappa shape index (κ3) is 5.19. The molecule has 0 fully saturated rings. The monoisotopic (exact) mass is 201 g/mol.